The normalized spacial score (nSPS) is 13.8. The van der Waals surface area contributed by atoms with Crippen LogP contribution in [-0.2, 0) is 24.2 Å². The number of aromatic nitrogens is 2. The second-order valence-electron chi connectivity index (χ2n) is 6.62. The molecule has 0 atom stereocenters. The van der Waals surface area contributed by atoms with Gasteiger partial charge in [0.25, 0.3) is 0 Å². The van der Waals surface area contributed by atoms with Crippen LogP contribution in [0.25, 0.3) is 10.9 Å². The molecule has 0 radical (unpaired) electrons. The summed E-state index contributed by atoms with van der Waals surface area (Å²) in [6.45, 7) is 0.687. The lowest BCUT2D eigenvalue weighted by Crippen LogP contribution is -2.20. The summed E-state index contributed by atoms with van der Waals surface area (Å²) < 4.78 is 2.33. The average Bonchev–Trinajstić information content (AvgIpc) is 3.01. The number of aryl methyl sites for hydroxylation is 2. The van der Waals surface area contributed by atoms with Gasteiger partial charge in [-0.15, -0.1) is 0 Å². The lowest BCUT2D eigenvalue weighted by Gasteiger charge is -2.15. The van der Waals surface area contributed by atoms with Crippen molar-refractivity contribution in [2.45, 2.75) is 38.6 Å². The fraction of sp³-hybridized carbons (Fsp3) is 0.286. The Labute approximate surface area is 152 Å². The summed E-state index contributed by atoms with van der Waals surface area (Å²) >= 11 is 0. The minimum Gasteiger partial charge on any atom is -0.344 e. The molecule has 3 aromatic rings. The van der Waals surface area contributed by atoms with Gasteiger partial charge in [0.05, 0.1) is 6.21 Å². The predicted octanol–water partition coefficient (Wildman–Crippen LogP) is 3.46. The van der Waals surface area contributed by atoms with Crippen molar-refractivity contribution in [3.63, 3.8) is 0 Å². The van der Waals surface area contributed by atoms with Crippen LogP contribution in [0.1, 0.15) is 36.1 Å². The molecule has 1 N–H and O–H groups in total. The molecule has 5 nitrogen and oxygen atoms in total. The van der Waals surface area contributed by atoms with Crippen molar-refractivity contribution in [2.75, 3.05) is 0 Å². The molecule has 0 bridgehead atoms. The Bertz CT molecular complexity index is 943. The van der Waals surface area contributed by atoms with Gasteiger partial charge in [0.1, 0.15) is 0 Å². The summed E-state index contributed by atoms with van der Waals surface area (Å²) in [6.07, 6.45) is 10.2. The molecule has 132 valence electrons. The van der Waals surface area contributed by atoms with Crippen molar-refractivity contribution >= 4 is 23.0 Å². The Morgan fingerprint density at radius 2 is 1.96 bits per heavy atom. The van der Waals surface area contributed by atoms with Gasteiger partial charge < -0.3 is 4.57 Å². The molecule has 1 aliphatic carbocycles. The van der Waals surface area contributed by atoms with Crippen LogP contribution < -0.4 is 5.43 Å². The van der Waals surface area contributed by atoms with Gasteiger partial charge in [-0.25, -0.2) is 5.43 Å². The maximum atomic E-state index is 12.2. The molecular weight excluding hydrogens is 324 g/mol. The molecule has 26 heavy (non-hydrogen) atoms. The van der Waals surface area contributed by atoms with Crippen LogP contribution in [-0.4, -0.2) is 21.7 Å². The molecular formula is C21H22N4O. The van der Waals surface area contributed by atoms with Gasteiger partial charge in [-0.3, -0.25) is 9.78 Å². The molecule has 1 aliphatic rings. The molecule has 0 saturated heterocycles. The molecule has 2 heterocycles. The zero-order valence-corrected chi connectivity index (χ0v) is 14.7. The summed E-state index contributed by atoms with van der Waals surface area (Å²) in [5, 5.41) is 5.38. The van der Waals surface area contributed by atoms with Crippen LogP contribution in [0.2, 0.25) is 0 Å². The van der Waals surface area contributed by atoms with Crippen LogP contribution in [0.3, 0.4) is 0 Å². The first-order valence-electron chi connectivity index (χ1n) is 9.14. The van der Waals surface area contributed by atoms with E-state index in [0.717, 1.165) is 18.4 Å². The number of carbonyl (C=O) groups is 1. The van der Waals surface area contributed by atoms with E-state index in [-0.39, 0.29) is 5.91 Å². The Kier molecular flexibility index (Phi) is 4.78. The van der Waals surface area contributed by atoms with Crippen LogP contribution in [0.5, 0.6) is 0 Å². The Morgan fingerprint density at radius 3 is 2.85 bits per heavy atom. The number of benzene rings is 1. The van der Waals surface area contributed by atoms with Gasteiger partial charge in [0.2, 0.25) is 5.91 Å². The number of amides is 1. The van der Waals surface area contributed by atoms with E-state index in [1.165, 1.54) is 35.0 Å². The van der Waals surface area contributed by atoms with Crippen LogP contribution in [0.4, 0.5) is 0 Å². The van der Waals surface area contributed by atoms with Gasteiger partial charge in [-0.1, -0.05) is 18.2 Å². The summed E-state index contributed by atoms with van der Waals surface area (Å²) in [4.78, 5) is 16.1. The van der Waals surface area contributed by atoms with E-state index in [2.05, 4.69) is 44.3 Å². The first-order chi connectivity index (χ1) is 12.8. The minimum atomic E-state index is -0.0716. The Hall–Kier alpha value is -2.95. The average molecular weight is 346 g/mol. The monoisotopic (exact) mass is 346 g/mol. The zero-order valence-electron chi connectivity index (χ0n) is 14.7. The van der Waals surface area contributed by atoms with Gasteiger partial charge in [-0.2, -0.15) is 5.10 Å². The van der Waals surface area contributed by atoms with E-state index in [9.17, 15) is 4.79 Å². The molecule has 4 rings (SSSR count). The molecule has 0 saturated carbocycles. The zero-order chi connectivity index (χ0) is 17.8. The molecule has 0 unspecified atom stereocenters. The second-order valence-corrected chi connectivity index (χ2v) is 6.62. The second kappa shape index (κ2) is 7.52. The number of fused-ring (bicyclic) bond motifs is 3. The largest absolute Gasteiger partial charge is 0.344 e. The van der Waals surface area contributed by atoms with Crippen molar-refractivity contribution in [1.29, 1.82) is 0 Å². The predicted molar refractivity (Wildman–Crippen MR) is 103 cm³/mol. The number of rotatable bonds is 5. The van der Waals surface area contributed by atoms with Crippen LogP contribution >= 0.6 is 0 Å². The fourth-order valence-corrected chi connectivity index (χ4v) is 3.74. The number of hydrogen-bond acceptors (Lipinski definition) is 3. The van der Waals surface area contributed by atoms with Gasteiger partial charge >= 0.3 is 0 Å². The van der Waals surface area contributed by atoms with E-state index < -0.39 is 0 Å². The summed E-state index contributed by atoms with van der Waals surface area (Å²) in [5.41, 5.74) is 7.65. The fourth-order valence-electron chi connectivity index (χ4n) is 3.74. The van der Waals surface area contributed by atoms with Crippen molar-refractivity contribution < 1.29 is 4.79 Å². The number of carbonyl (C=O) groups excluding carboxylic acids is 1. The topological polar surface area (TPSA) is 59.3 Å². The van der Waals surface area contributed by atoms with E-state index in [1.54, 1.807) is 18.6 Å². The minimum absolute atomic E-state index is 0.0716. The van der Waals surface area contributed by atoms with Gasteiger partial charge in [-0.05, 0) is 55.0 Å². The maximum absolute atomic E-state index is 12.2. The summed E-state index contributed by atoms with van der Waals surface area (Å²) in [7, 11) is 0. The first kappa shape index (κ1) is 16.5. The third-order valence-corrected chi connectivity index (χ3v) is 4.96. The summed E-state index contributed by atoms with van der Waals surface area (Å²) in [5.74, 6) is -0.0716. The van der Waals surface area contributed by atoms with E-state index >= 15 is 0 Å². The maximum Gasteiger partial charge on any atom is 0.241 e. The van der Waals surface area contributed by atoms with Crippen molar-refractivity contribution in [3.8, 4) is 0 Å². The number of hydrazone groups is 1. The Morgan fingerprint density at radius 1 is 1.15 bits per heavy atom. The highest BCUT2D eigenvalue weighted by Crippen LogP contribution is 2.32. The number of pyridine rings is 1. The standard InChI is InChI=1S/C21H22N4O/c26-21(24-23-15-16-9-12-22-13-10-16)11-14-25-19-7-3-1-5-17(19)18-6-2-4-8-20(18)25/h1,3,5,7,9-10,12-13,15H,2,4,6,8,11,14H2,(H,24,26)/b23-15+. The highest BCUT2D eigenvalue weighted by atomic mass is 16.2. The third kappa shape index (κ3) is 3.38. The Balaban J connectivity index is 1.45. The molecule has 2 aromatic heterocycles. The lowest BCUT2D eigenvalue weighted by molar-refractivity contribution is -0.121. The van der Waals surface area contributed by atoms with E-state index in [1.807, 2.05) is 12.1 Å². The molecule has 0 aliphatic heterocycles. The highest BCUT2D eigenvalue weighted by molar-refractivity contribution is 5.86. The van der Waals surface area contributed by atoms with E-state index in [0.29, 0.717) is 13.0 Å². The number of nitrogens with zero attached hydrogens (tertiary/aromatic N) is 3. The van der Waals surface area contributed by atoms with E-state index in [4.69, 9.17) is 0 Å². The number of hydrogen-bond donors (Lipinski definition) is 1. The smallest absolute Gasteiger partial charge is 0.241 e. The van der Waals surface area contributed by atoms with Crippen molar-refractivity contribution in [1.82, 2.24) is 15.0 Å². The molecule has 0 spiro atoms. The molecule has 1 aromatic carbocycles. The lowest BCUT2D eigenvalue weighted by atomic mass is 9.95. The van der Waals surface area contributed by atoms with Gasteiger partial charge in [0.15, 0.2) is 0 Å². The molecule has 5 heteroatoms. The van der Waals surface area contributed by atoms with Crippen molar-refractivity contribution in [3.05, 3.63) is 65.6 Å². The van der Waals surface area contributed by atoms with Crippen molar-refractivity contribution in [2.24, 2.45) is 5.10 Å². The summed E-state index contributed by atoms with van der Waals surface area (Å²) in [6, 6.07) is 12.2. The highest BCUT2D eigenvalue weighted by Gasteiger charge is 2.19. The quantitative estimate of drug-likeness (QED) is 0.568. The SMILES string of the molecule is O=C(CCn1c2c(c3ccccc31)CCCC2)N/N=C/c1ccncc1. The molecule has 0 fully saturated rings. The molecule has 1 amide bonds. The van der Waals surface area contributed by atoms with Gasteiger partial charge in [0, 0.05) is 42.0 Å². The third-order valence-electron chi connectivity index (χ3n) is 4.96. The number of nitrogens with one attached hydrogen (secondary N) is 1. The van der Waals surface area contributed by atoms with Crippen LogP contribution in [0.15, 0.2) is 53.9 Å². The van der Waals surface area contributed by atoms with Crippen LogP contribution in [0, 0.1) is 0 Å². The first-order valence-corrected chi connectivity index (χ1v) is 9.14. The number of para-hydroxylation sites is 1.